The van der Waals surface area contributed by atoms with Gasteiger partial charge in [-0.05, 0) is 29.5 Å². The number of ether oxygens (including phenoxy) is 1. The van der Waals surface area contributed by atoms with Crippen molar-refractivity contribution in [3.8, 4) is 0 Å². The predicted molar refractivity (Wildman–Crippen MR) is 81.8 cm³/mol. The molecule has 0 aromatic heterocycles. The minimum Gasteiger partial charge on any atom is -0.385 e. The number of benzene rings is 1. The van der Waals surface area contributed by atoms with Gasteiger partial charge in [0, 0.05) is 39.8 Å². The number of rotatable bonds is 7. The minimum absolute atomic E-state index is 0. The molecule has 1 aromatic carbocycles. The van der Waals surface area contributed by atoms with Gasteiger partial charge >= 0.3 is 0 Å². The van der Waals surface area contributed by atoms with Gasteiger partial charge < -0.3 is 15.4 Å². The van der Waals surface area contributed by atoms with Gasteiger partial charge in [0.25, 0.3) is 0 Å². The SMILES string of the molecule is COCCCCC(=O)NCc1ccc2c(c1)CNC2.Cl. The Kier molecular flexibility index (Phi) is 7.59. The Morgan fingerprint density at radius 1 is 1.30 bits per heavy atom. The summed E-state index contributed by atoms with van der Waals surface area (Å²) in [5, 5.41) is 6.29. The van der Waals surface area contributed by atoms with Crippen molar-refractivity contribution in [2.75, 3.05) is 13.7 Å². The second kappa shape index (κ2) is 8.95. The Labute approximate surface area is 126 Å². The lowest BCUT2D eigenvalue weighted by molar-refractivity contribution is -0.121. The summed E-state index contributed by atoms with van der Waals surface area (Å²) in [6.45, 7) is 3.25. The average Bonchev–Trinajstić information content (AvgIpc) is 2.89. The fraction of sp³-hybridized carbons (Fsp3) is 0.533. The number of methoxy groups -OCH3 is 1. The van der Waals surface area contributed by atoms with Gasteiger partial charge in [0.15, 0.2) is 0 Å². The van der Waals surface area contributed by atoms with Crippen molar-refractivity contribution in [3.05, 3.63) is 34.9 Å². The molecule has 0 atom stereocenters. The normalized spacial score (nSPS) is 12.7. The molecule has 0 saturated heterocycles. The number of unbranched alkanes of at least 4 members (excludes halogenated alkanes) is 1. The number of carbonyl (C=O) groups is 1. The third-order valence-electron chi connectivity index (χ3n) is 3.39. The second-order valence-corrected chi connectivity index (χ2v) is 4.93. The Hall–Kier alpha value is -1.10. The van der Waals surface area contributed by atoms with Gasteiger partial charge in [0.05, 0.1) is 0 Å². The number of halogens is 1. The van der Waals surface area contributed by atoms with E-state index in [2.05, 4.69) is 28.8 Å². The van der Waals surface area contributed by atoms with Crippen LogP contribution in [0.5, 0.6) is 0 Å². The van der Waals surface area contributed by atoms with Crippen molar-refractivity contribution in [1.82, 2.24) is 10.6 Å². The largest absolute Gasteiger partial charge is 0.385 e. The number of fused-ring (bicyclic) bond motifs is 1. The maximum absolute atomic E-state index is 11.6. The van der Waals surface area contributed by atoms with Crippen LogP contribution in [0.15, 0.2) is 18.2 Å². The average molecular weight is 299 g/mol. The maximum Gasteiger partial charge on any atom is 0.220 e. The molecule has 2 N–H and O–H groups in total. The van der Waals surface area contributed by atoms with Crippen LogP contribution in [0.1, 0.15) is 36.0 Å². The molecule has 1 amide bonds. The molecule has 0 spiro atoms. The summed E-state index contributed by atoms with van der Waals surface area (Å²) >= 11 is 0. The van der Waals surface area contributed by atoms with Gasteiger partial charge in [0.2, 0.25) is 5.91 Å². The molecule has 5 heteroatoms. The first-order valence-corrected chi connectivity index (χ1v) is 6.86. The van der Waals surface area contributed by atoms with E-state index in [0.29, 0.717) is 13.0 Å². The lowest BCUT2D eigenvalue weighted by Crippen LogP contribution is -2.22. The van der Waals surface area contributed by atoms with E-state index in [0.717, 1.165) is 32.5 Å². The van der Waals surface area contributed by atoms with Crippen LogP contribution in [0, 0.1) is 0 Å². The van der Waals surface area contributed by atoms with Crippen LogP contribution in [0.4, 0.5) is 0 Å². The lowest BCUT2D eigenvalue weighted by atomic mass is 10.1. The number of hydrogen-bond acceptors (Lipinski definition) is 3. The van der Waals surface area contributed by atoms with E-state index in [4.69, 9.17) is 4.74 Å². The van der Waals surface area contributed by atoms with E-state index in [1.807, 2.05) is 0 Å². The summed E-state index contributed by atoms with van der Waals surface area (Å²) in [4.78, 5) is 11.6. The number of nitrogens with one attached hydrogen (secondary N) is 2. The summed E-state index contributed by atoms with van der Waals surface area (Å²) in [5.74, 6) is 0.120. The number of hydrogen-bond donors (Lipinski definition) is 2. The zero-order valence-electron chi connectivity index (χ0n) is 11.9. The molecule has 0 bridgehead atoms. The summed E-state index contributed by atoms with van der Waals surface area (Å²) in [7, 11) is 1.68. The van der Waals surface area contributed by atoms with Gasteiger partial charge in [-0.1, -0.05) is 18.2 Å². The molecule has 0 aliphatic carbocycles. The molecule has 20 heavy (non-hydrogen) atoms. The topological polar surface area (TPSA) is 50.4 Å². The minimum atomic E-state index is 0. The molecule has 1 aliphatic heterocycles. The van der Waals surface area contributed by atoms with E-state index < -0.39 is 0 Å². The van der Waals surface area contributed by atoms with Crippen LogP contribution in [-0.4, -0.2) is 19.6 Å². The van der Waals surface area contributed by atoms with Gasteiger partial charge in [-0.2, -0.15) is 0 Å². The number of carbonyl (C=O) groups excluding carboxylic acids is 1. The molecule has 0 fully saturated rings. The molecular weight excluding hydrogens is 276 g/mol. The second-order valence-electron chi connectivity index (χ2n) is 4.93. The van der Waals surface area contributed by atoms with Crippen LogP contribution >= 0.6 is 12.4 Å². The molecule has 0 radical (unpaired) electrons. The van der Waals surface area contributed by atoms with Crippen LogP contribution in [0.2, 0.25) is 0 Å². The fourth-order valence-electron chi connectivity index (χ4n) is 2.28. The molecule has 1 heterocycles. The third kappa shape index (κ3) is 5.12. The van der Waals surface area contributed by atoms with Crippen molar-refractivity contribution in [3.63, 3.8) is 0 Å². The molecule has 4 nitrogen and oxygen atoms in total. The molecule has 2 rings (SSSR count). The van der Waals surface area contributed by atoms with E-state index >= 15 is 0 Å². The van der Waals surface area contributed by atoms with E-state index in [1.165, 1.54) is 16.7 Å². The highest BCUT2D eigenvalue weighted by atomic mass is 35.5. The molecule has 1 aromatic rings. The molecular formula is C15H23ClN2O2. The highest BCUT2D eigenvalue weighted by Crippen LogP contribution is 2.16. The summed E-state index contributed by atoms with van der Waals surface area (Å²) < 4.78 is 4.96. The highest BCUT2D eigenvalue weighted by Gasteiger charge is 2.10. The van der Waals surface area contributed by atoms with Crippen molar-refractivity contribution < 1.29 is 9.53 Å². The first-order valence-electron chi connectivity index (χ1n) is 6.86. The molecule has 112 valence electrons. The molecule has 0 saturated carbocycles. The standard InChI is InChI=1S/C15H22N2O2.ClH/c1-19-7-3-2-4-15(18)17-9-12-5-6-13-10-16-11-14(13)8-12;/h5-6,8,16H,2-4,7,9-11H2,1H3,(H,17,18);1H. The fourth-order valence-corrected chi connectivity index (χ4v) is 2.28. The van der Waals surface area contributed by atoms with Gasteiger partial charge in [-0.15, -0.1) is 12.4 Å². The maximum atomic E-state index is 11.6. The van der Waals surface area contributed by atoms with Gasteiger partial charge in [-0.25, -0.2) is 0 Å². The zero-order chi connectivity index (χ0) is 13.5. The van der Waals surface area contributed by atoms with Crippen molar-refractivity contribution >= 4 is 18.3 Å². The van der Waals surface area contributed by atoms with Crippen LogP contribution in [-0.2, 0) is 29.2 Å². The Bertz CT molecular complexity index is 438. The Balaban J connectivity index is 0.00000200. The number of amides is 1. The molecule has 0 unspecified atom stereocenters. The molecule has 1 aliphatic rings. The first kappa shape index (κ1) is 17.0. The summed E-state index contributed by atoms with van der Waals surface area (Å²) in [6.07, 6.45) is 2.40. The summed E-state index contributed by atoms with van der Waals surface area (Å²) in [6, 6.07) is 6.42. The van der Waals surface area contributed by atoms with E-state index in [1.54, 1.807) is 7.11 Å². The van der Waals surface area contributed by atoms with E-state index in [9.17, 15) is 4.79 Å². The Morgan fingerprint density at radius 2 is 2.10 bits per heavy atom. The Morgan fingerprint density at radius 3 is 2.90 bits per heavy atom. The van der Waals surface area contributed by atoms with Crippen LogP contribution in [0.3, 0.4) is 0 Å². The lowest BCUT2D eigenvalue weighted by Gasteiger charge is -2.07. The first-order chi connectivity index (χ1) is 9.29. The van der Waals surface area contributed by atoms with Gasteiger partial charge in [0.1, 0.15) is 0 Å². The van der Waals surface area contributed by atoms with Crippen LogP contribution in [0.25, 0.3) is 0 Å². The highest BCUT2D eigenvalue weighted by molar-refractivity contribution is 5.85. The zero-order valence-corrected chi connectivity index (χ0v) is 12.7. The van der Waals surface area contributed by atoms with E-state index in [-0.39, 0.29) is 18.3 Å². The smallest absolute Gasteiger partial charge is 0.220 e. The van der Waals surface area contributed by atoms with Crippen LogP contribution < -0.4 is 10.6 Å². The van der Waals surface area contributed by atoms with Crippen molar-refractivity contribution in [1.29, 1.82) is 0 Å². The predicted octanol–water partition coefficient (Wildman–Crippen LogP) is 2.14. The quantitative estimate of drug-likeness (QED) is 0.758. The van der Waals surface area contributed by atoms with Crippen molar-refractivity contribution in [2.45, 2.75) is 38.9 Å². The van der Waals surface area contributed by atoms with Crippen molar-refractivity contribution in [2.24, 2.45) is 0 Å². The van der Waals surface area contributed by atoms with Gasteiger partial charge in [-0.3, -0.25) is 4.79 Å². The monoisotopic (exact) mass is 298 g/mol. The summed E-state index contributed by atoms with van der Waals surface area (Å²) in [5.41, 5.74) is 3.90. The third-order valence-corrected chi connectivity index (χ3v) is 3.39.